The predicted molar refractivity (Wildman–Crippen MR) is 97.5 cm³/mol. The Balaban J connectivity index is 1.45. The second-order valence-electron chi connectivity index (χ2n) is 6.70. The van der Waals surface area contributed by atoms with E-state index in [0.29, 0.717) is 12.4 Å². The van der Waals surface area contributed by atoms with Crippen molar-refractivity contribution in [1.29, 1.82) is 0 Å². The summed E-state index contributed by atoms with van der Waals surface area (Å²) in [7, 11) is 0. The summed E-state index contributed by atoms with van der Waals surface area (Å²) in [6.07, 6.45) is 1.78. The van der Waals surface area contributed by atoms with E-state index in [-0.39, 0.29) is 29.9 Å². The number of halogens is 1. The fourth-order valence-electron chi connectivity index (χ4n) is 3.34. The van der Waals surface area contributed by atoms with E-state index in [1.807, 2.05) is 4.57 Å². The molecule has 7 heteroatoms. The Bertz CT molecular complexity index is 951. The van der Waals surface area contributed by atoms with Crippen LogP contribution in [-0.2, 0) is 24.2 Å². The summed E-state index contributed by atoms with van der Waals surface area (Å²) in [4.78, 5) is 12.4. The number of hydrogen-bond acceptors (Lipinski definition) is 4. The van der Waals surface area contributed by atoms with Gasteiger partial charge in [0.2, 0.25) is 5.91 Å². The summed E-state index contributed by atoms with van der Waals surface area (Å²) in [5.74, 6) is 1.38. The van der Waals surface area contributed by atoms with Crippen molar-refractivity contribution in [3.63, 3.8) is 0 Å². The third-order valence-electron chi connectivity index (χ3n) is 4.72. The van der Waals surface area contributed by atoms with Crippen molar-refractivity contribution in [2.45, 2.75) is 31.8 Å². The normalized spacial score (nSPS) is 16.0. The second kappa shape index (κ2) is 7.19. The number of phenolic OH excluding ortho intramolecular Hbond substituents is 1. The van der Waals surface area contributed by atoms with Gasteiger partial charge in [-0.05, 0) is 48.4 Å². The van der Waals surface area contributed by atoms with Gasteiger partial charge in [0, 0.05) is 24.6 Å². The van der Waals surface area contributed by atoms with E-state index >= 15 is 0 Å². The smallest absolute Gasteiger partial charge is 0.224 e. The van der Waals surface area contributed by atoms with Crippen LogP contribution >= 0.6 is 0 Å². The van der Waals surface area contributed by atoms with Crippen molar-refractivity contribution in [2.75, 3.05) is 0 Å². The number of carbonyl (C=O) groups is 1. The summed E-state index contributed by atoms with van der Waals surface area (Å²) in [6.45, 7) is 0.580. The molecule has 27 heavy (non-hydrogen) atoms. The summed E-state index contributed by atoms with van der Waals surface area (Å²) in [5, 5.41) is 20.9. The minimum Gasteiger partial charge on any atom is -0.508 e. The molecule has 138 valence electrons. The molecule has 0 aliphatic carbocycles. The van der Waals surface area contributed by atoms with Crippen LogP contribution in [0.4, 0.5) is 4.39 Å². The van der Waals surface area contributed by atoms with Gasteiger partial charge in [0.15, 0.2) is 5.82 Å². The summed E-state index contributed by atoms with van der Waals surface area (Å²) < 4.78 is 15.2. The molecule has 2 aromatic carbocycles. The Morgan fingerprint density at radius 2 is 1.89 bits per heavy atom. The van der Waals surface area contributed by atoms with E-state index in [0.717, 1.165) is 29.8 Å². The van der Waals surface area contributed by atoms with Gasteiger partial charge in [-0.15, -0.1) is 10.2 Å². The number of aromatic nitrogens is 3. The number of rotatable bonds is 4. The molecule has 0 bridgehead atoms. The van der Waals surface area contributed by atoms with Gasteiger partial charge in [-0.25, -0.2) is 4.39 Å². The number of aromatic hydroxyl groups is 1. The van der Waals surface area contributed by atoms with Gasteiger partial charge < -0.3 is 15.0 Å². The SMILES string of the molecule is O=C(Cc1ccc(O)cc1)NC1CCc2nnc(-c3ccc(F)cc3)n2C1. The van der Waals surface area contributed by atoms with E-state index in [2.05, 4.69) is 15.5 Å². The average Bonchev–Trinajstić information content (AvgIpc) is 3.07. The van der Waals surface area contributed by atoms with Crippen molar-refractivity contribution in [1.82, 2.24) is 20.1 Å². The van der Waals surface area contributed by atoms with Crippen LogP contribution in [0.2, 0.25) is 0 Å². The van der Waals surface area contributed by atoms with Crippen LogP contribution in [0, 0.1) is 5.82 Å². The summed E-state index contributed by atoms with van der Waals surface area (Å²) >= 11 is 0. The number of carbonyl (C=O) groups excluding carboxylic acids is 1. The molecule has 6 nitrogen and oxygen atoms in total. The third-order valence-corrected chi connectivity index (χ3v) is 4.72. The highest BCUT2D eigenvalue weighted by Gasteiger charge is 2.24. The fourth-order valence-corrected chi connectivity index (χ4v) is 3.34. The molecule has 0 spiro atoms. The lowest BCUT2D eigenvalue weighted by molar-refractivity contribution is -0.121. The van der Waals surface area contributed by atoms with Crippen molar-refractivity contribution in [2.24, 2.45) is 0 Å². The molecule has 0 fully saturated rings. The van der Waals surface area contributed by atoms with Gasteiger partial charge >= 0.3 is 0 Å². The Morgan fingerprint density at radius 1 is 1.15 bits per heavy atom. The number of hydrogen-bond donors (Lipinski definition) is 2. The number of phenols is 1. The first-order chi connectivity index (χ1) is 13.1. The number of amides is 1. The predicted octanol–water partition coefficient (Wildman–Crippen LogP) is 2.46. The number of nitrogens with one attached hydrogen (secondary N) is 1. The van der Waals surface area contributed by atoms with Crippen LogP contribution in [0.5, 0.6) is 5.75 Å². The zero-order chi connectivity index (χ0) is 18.8. The maximum absolute atomic E-state index is 13.2. The first kappa shape index (κ1) is 17.2. The zero-order valence-corrected chi connectivity index (χ0v) is 14.6. The molecule has 1 unspecified atom stereocenters. The largest absolute Gasteiger partial charge is 0.508 e. The lowest BCUT2D eigenvalue weighted by Gasteiger charge is -2.25. The zero-order valence-electron chi connectivity index (χ0n) is 14.6. The van der Waals surface area contributed by atoms with E-state index in [4.69, 9.17) is 0 Å². The molecular formula is C20H19FN4O2. The Labute approximate surface area is 155 Å². The number of aryl methyl sites for hydroxylation is 1. The molecule has 1 aliphatic rings. The third kappa shape index (κ3) is 3.81. The van der Waals surface area contributed by atoms with E-state index < -0.39 is 0 Å². The Morgan fingerprint density at radius 3 is 2.63 bits per heavy atom. The maximum atomic E-state index is 13.2. The van der Waals surface area contributed by atoms with Crippen molar-refractivity contribution in [3.8, 4) is 17.1 Å². The van der Waals surface area contributed by atoms with Gasteiger partial charge in [0.05, 0.1) is 6.42 Å². The molecule has 1 aromatic heterocycles. The Kier molecular flexibility index (Phi) is 4.58. The van der Waals surface area contributed by atoms with Crippen molar-refractivity contribution >= 4 is 5.91 Å². The second-order valence-corrected chi connectivity index (χ2v) is 6.70. The van der Waals surface area contributed by atoms with Gasteiger partial charge in [-0.1, -0.05) is 12.1 Å². The van der Waals surface area contributed by atoms with Crippen LogP contribution in [0.25, 0.3) is 11.4 Å². The van der Waals surface area contributed by atoms with Crippen LogP contribution in [0.1, 0.15) is 17.8 Å². The molecule has 4 rings (SSSR count). The van der Waals surface area contributed by atoms with Gasteiger partial charge in [0.1, 0.15) is 17.4 Å². The lowest BCUT2D eigenvalue weighted by atomic mass is 10.1. The highest BCUT2D eigenvalue weighted by atomic mass is 19.1. The molecular weight excluding hydrogens is 347 g/mol. The molecule has 1 atom stereocenters. The monoisotopic (exact) mass is 366 g/mol. The van der Waals surface area contributed by atoms with Crippen LogP contribution in [0.3, 0.4) is 0 Å². The molecule has 0 radical (unpaired) electrons. The molecule has 0 saturated heterocycles. The average molecular weight is 366 g/mol. The summed E-state index contributed by atoms with van der Waals surface area (Å²) in [6, 6.07) is 12.8. The van der Waals surface area contributed by atoms with Crippen LogP contribution in [0.15, 0.2) is 48.5 Å². The number of fused-ring (bicyclic) bond motifs is 1. The molecule has 1 aliphatic heterocycles. The van der Waals surface area contributed by atoms with Gasteiger partial charge in [-0.3, -0.25) is 4.79 Å². The first-order valence-corrected chi connectivity index (χ1v) is 8.84. The van der Waals surface area contributed by atoms with E-state index in [1.165, 1.54) is 12.1 Å². The highest BCUT2D eigenvalue weighted by Crippen LogP contribution is 2.23. The van der Waals surface area contributed by atoms with Gasteiger partial charge in [0.25, 0.3) is 0 Å². The minimum absolute atomic E-state index is 0.0164. The van der Waals surface area contributed by atoms with Gasteiger partial charge in [-0.2, -0.15) is 0 Å². The quantitative estimate of drug-likeness (QED) is 0.743. The van der Waals surface area contributed by atoms with E-state index in [1.54, 1.807) is 36.4 Å². The first-order valence-electron chi connectivity index (χ1n) is 8.84. The topological polar surface area (TPSA) is 80.0 Å². The van der Waals surface area contributed by atoms with Crippen molar-refractivity contribution in [3.05, 3.63) is 65.7 Å². The molecule has 0 saturated carbocycles. The molecule has 2 heterocycles. The lowest BCUT2D eigenvalue weighted by Crippen LogP contribution is -2.41. The van der Waals surface area contributed by atoms with Crippen LogP contribution < -0.4 is 5.32 Å². The summed E-state index contributed by atoms with van der Waals surface area (Å²) in [5.41, 5.74) is 1.64. The Hall–Kier alpha value is -3.22. The number of nitrogens with zero attached hydrogens (tertiary/aromatic N) is 3. The van der Waals surface area contributed by atoms with E-state index in [9.17, 15) is 14.3 Å². The molecule has 2 N–H and O–H groups in total. The van der Waals surface area contributed by atoms with Crippen molar-refractivity contribution < 1.29 is 14.3 Å². The molecule has 3 aromatic rings. The highest BCUT2D eigenvalue weighted by molar-refractivity contribution is 5.78. The van der Waals surface area contributed by atoms with Crippen LogP contribution in [-0.4, -0.2) is 31.8 Å². The minimum atomic E-state index is -0.295. The number of benzene rings is 2. The maximum Gasteiger partial charge on any atom is 0.224 e. The fraction of sp³-hybridized carbons (Fsp3) is 0.250. The standard InChI is InChI=1S/C20H19FN4O2/c21-15-5-3-14(4-6-15)20-24-23-18-10-7-16(12-25(18)20)22-19(27)11-13-1-8-17(26)9-2-13/h1-6,8-9,16,26H,7,10-12H2,(H,22,27). The molecule has 1 amide bonds.